The van der Waals surface area contributed by atoms with Crippen molar-refractivity contribution in [2.24, 2.45) is 5.73 Å². The van der Waals surface area contributed by atoms with Crippen LogP contribution in [0.25, 0.3) is 0 Å². The molecule has 11 heavy (non-hydrogen) atoms. The van der Waals surface area contributed by atoms with Crippen molar-refractivity contribution < 1.29 is 25.2 Å². The molecule has 0 aromatic heterocycles. The van der Waals surface area contributed by atoms with Gasteiger partial charge in [-0.25, -0.2) is 0 Å². The van der Waals surface area contributed by atoms with Crippen LogP contribution in [-0.4, -0.2) is 51.3 Å². The van der Waals surface area contributed by atoms with Gasteiger partial charge < -0.3 is 25.2 Å². The molecule has 0 aromatic carbocycles. The minimum atomic E-state index is -2.19. The second kappa shape index (κ2) is 2.67. The Morgan fingerprint density at radius 1 is 1.45 bits per heavy atom. The molecule has 66 valence electrons. The normalized spacial score (nSPS) is 51.5. The van der Waals surface area contributed by atoms with Crippen molar-refractivity contribution in [2.45, 2.75) is 24.2 Å². The molecule has 0 radical (unpaired) electrons. The van der Waals surface area contributed by atoms with E-state index in [0.29, 0.717) is 0 Å². The van der Waals surface area contributed by atoms with E-state index in [1.807, 2.05) is 0 Å². The van der Waals surface area contributed by atoms with Crippen LogP contribution in [0.5, 0.6) is 0 Å². The first-order valence-corrected chi connectivity index (χ1v) is 3.14. The van der Waals surface area contributed by atoms with Crippen LogP contribution in [0.1, 0.15) is 0 Å². The maximum atomic E-state index is 9.07. The van der Waals surface area contributed by atoms with Crippen molar-refractivity contribution in [3.8, 4) is 0 Å². The van der Waals surface area contributed by atoms with Crippen molar-refractivity contribution >= 4 is 0 Å². The van der Waals surface area contributed by atoms with Crippen molar-refractivity contribution in [2.75, 3.05) is 6.61 Å². The van der Waals surface area contributed by atoms with Crippen LogP contribution in [0.3, 0.4) is 0 Å². The van der Waals surface area contributed by atoms with Crippen LogP contribution in [-0.2, 0) is 4.74 Å². The molecule has 1 aliphatic heterocycles. The summed E-state index contributed by atoms with van der Waals surface area (Å²) < 4.78 is 4.52. The second-order valence-electron chi connectivity index (χ2n) is 2.54. The van der Waals surface area contributed by atoms with Gasteiger partial charge in [-0.3, -0.25) is 5.73 Å². The van der Waals surface area contributed by atoms with Gasteiger partial charge in [-0.15, -0.1) is 0 Å². The first-order chi connectivity index (χ1) is 5.00. The van der Waals surface area contributed by atoms with Gasteiger partial charge in [0.15, 0.2) is 5.72 Å². The minimum Gasteiger partial charge on any atom is -0.394 e. The Morgan fingerprint density at radius 2 is 2.00 bits per heavy atom. The number of aliphatic hydroxyl groups is 4. The molecule has 0 bridgehead atoms. The maximum Gasteiger partial charge on any atom is 0.200 e. The number of ether oxygens (including phenoxy) is 1. The van der Waals surface area contributed by atoms with E-state index in [9.17, 15) is 0 Å². The zero-order valence-corrected chi connectivity index (χ0v) is 5.71. The van der Waals surface area contributed by atoms with E-state index in [0.717, 1.165) is 0 Å². The Bertz CT molecular complexity index is 150. The number of nitrogens with two attached hydrogens (primary N) is 1. The van der Waals surface area contributed by atoms with Gasteiger partial charge in [0.05, 0.1) is 6.61 Å². The third-order valence-corrected chi connectivity index (χ3v) is 1.71. The lowest BCUT2D eigenvalue weighted by Crippen LogP contribution is -2.56. The van der Waals surface area contributed by atoms with Crippen molar-refractivity contribution in [1.82, 2.24) is 0 Å². The highest BCUT2D eigenvalue weighted by Crippen LogP contribution is 2.24. The molecule has 1 saturated heterocycles. The number of rotatable bonds is 1. The quantitative estimate of drug-likeness (QED) is 0.260. The van der Waals surface area contributed by atoms with Gasteiger partial charge in [-0.05, 0) is 0 Å². The summed E-state index contributed by atoms with van der Waals surface area (Å²) in [4.78, 5) is 0. The summed E-state index contributed by atoms with van der Waals surface area (Å²) in [6.07, 6.45) is -4.16. The van der Waals surface area contributed by atoms with Crippen LogP contribution in [0.15, 0.2) is 0 Å². The molecule has 0 aromatic rings. The van der Waals surface area contributed by atoms with Gasteiger partial charge >= 0.3 is 0 Å². The zero-order valence-electron chi connectivity index (χ0n) is 5.71. The van der Waals surface area contributed by atoms with Gasteiger partial charge in [0.25, 0.3) is 0 Å². The fourth-order valence-corrected chi connectivity index (χ4v) is 0.936. The van der Waals surface area contributed by atoms with Crippen LogP contribution in [0, 0.1) is 0 Å². The predicted molar refractivity (Wildman–Crippen MR) is 33.1 cm³/mol. The minimum absolute atomic E-state index is 0.502. The van der Waals surface area contributed by atoms with Gasteiger partial charge in [0, 0.05) is 0 Å². The monoisotopic (exact) mass is 165 g/mol. The van der Waals surface area contributed by atoms with E-state index in [2.05, 4.69) is 4.74 Å². The second-order valence-corrected chi connectivity index (χ2v) is 2.54. The van der Waals surface area contributed by atoms with E-state index in [-0.39, 0.29) is 0 Å². The topological polar surface area (TPSA) is 116 Å². The molecule has 0 aliphatic carbocycles. The van der Waals surface area contributed by atoms with E-state index in [4.69, 9.17) is 26.2 Å². The Balaban J connectivity index is 2.71. The van der Waals surface area contributed by atoms with Gasteiger partial charge in [0.1, 0.15) is 12.2 Å². The van der Waals surface area contributed by atoms with Gasteiger partial charge in [0.2, 0.25) is 6.29 Å². The molecule has 1 fully saturated rings. The van der Waals surface area contributed by atoms with Crippen LogP contribution in [0.4, 0.5) is 0 Å². The third kappa shape index (κ3) is 1.24. The summed E-state index contributed by atoms with van der Waals surface area (Å²) >= 11 is 0. The molecule has 4 atom stereocenters. The summed E-state index contributed by atoms with van der Waals surface area (Å²) in [7, 11) is 0. The highest BCUT2D eigenvalue weighted by Gasteiger charge is 2.52. The first kappa shape index (κ1) is 8.85. The molecule has 0 saturated carbocycles. The van der Waals surface area contributed by atoms with Crippen LogP contribution in [0.2, 0.25) is 0 Å². The highest BCUT2D eigenvalue weighted by atomic mass is 16.7. The van der Waals surface area contributed by atoms with E-state index in [1.54, 1.807) is 0 Å². The van der Waals surface area contributed by atoms with E-state index >= 15 is 0 Å². The number of aliphatic hydroxyl groups excluding tert-OH is 3. The summed E-state index contributed by atoms with van der Waals surface area (Å²) in [5.41, 5.74) is 2.86. The Hall–Kier alpha value is -0.240. The highest BCUT2D eigenvalue weighted by molar-refractivity contribution is 4.94. The molecule has 6 nitrogen and oxygen atoms in total. The molecule has 0 amide bonds. The van der Waals surface area contributed by atoms with Gasteiger partial charge in [-0.1, -0.05) is 0 Å². The molecule has 1 aliphatic rings. The lowest BCUT2D eigenvalue weighted by atomic mass is 10.1. The molecule has 6 heteroatoms. The lowest BCUT2D eigenvalue weighted by Gasteiger charge is -2.22. The van der Waals surface area contributed by atoms with E-state index in [1.165, 1.54) is 0 Å². The standard InChI is InChI=1S/C5H11NO5/c6-5(10)3(8)2(1-7)11-4(5)9/h2-4,7-10H,1,6H2/t2-,3-,4?,5-/m1/s1. The molecular formula is C5H11NO5. The fourth-order valence-electron chi connectivity index (χ4n) is 0.936. The molecule has 0 spiro atoms. The van der Waals surface area contributed by atoms with Crippen LogP contribution >= 0.6 is 0 Å². The first-order valence-electron chi connectivity index (χ1n) is 3.14. The Kier molecular flexibility index (Phi) is 2.15. The molecule has 1 unspecified atom stereocenters. The maximum absolute atomic E-state index is 9.07. The SMILES string of the molecule is N[C@]1(O)C(O)O[C@H](CO)[C@H]1O. The molecular weight excluding hydrogens is 154 g/mol. The molecule has 1 rings (SSSR count). The summed E-state index contributed by atoms with van der Waals surface area (Å²) in [5.74, 6) is 0. The largest absolute Gasteiger partial charge is 0.394 e. The smallest absolute Gasteiger partial charge is 0.200 e. The van der Waals surface area contributed by atoms with Crippen LogP contribution < -0.4 is 5.73 Å². The van der Waals surface area contributed by atoms with Gasteiger partial charge in [-0.2, -0.15) is 0 Å². The Morgan fingerprint density at radius 3 is 2.18 bits per heavy atom. The number of hydrogen-bond acceptors (Lipinski definition) is 6. The average Bonchev–Trinajstić information content (AvgIpc) is 2.14. The van der Waals surface area contributed by atoms with E-state index < -0.39 is 30.8 Å². The fraction of sp³-hybridized carbons (Fsp3) is 1.00. The molecule has 1 heterocycles. The summed E-state index contributed by atoms with van der Waals surface area (Å²) in [6.45, 7) is -0.502. The van der Waals surface area contributed by atoms with Crippen molar-refractivity contribution in [1.29, 1.82) is 0 Å². The van der Waals surface area contributed by atoms with Crippen molar-refractivity contribution in [3.05, 3.63) is 0 Å². The average molecular weight is 165 g/mol. The summed E-state index contributed by atoms with van der Waals surface area (Å²) in [6, 6.07) is 0. The zero-order chi connectivity index (χ0) is 8.65. The lowest BCUT2D eigenvalue weighted by molar-refractivity contribution is -0.174. The molecule has 6 N–H and O–H groups in total. The third-order valence-electron chi connectivity index (χ3n) is 1.71. The Labute approximate surface area is 62.8 Å². The van der Waals surface area contributed by atoms with Crippen molar-refractivity contribution in [3.63, 3.8) is 0 Å². The number of hydrogen-bond donors (Lipinski definition) is 5. The summed E-state index contributed by atoms with van der Waals surface area (Å²) in [5, 5.41) is 35.5. The predicted octanol–water partition coefficient (Wildman–Crippen LogP) is -3.30.